The topological polar surface area (TPSA) is 44.8 Å². The van der Waals surface area contributed by atoms with E-state index in [1.54, 1.807) is 11.1 Å². The molecule has 2 bridgehead atoms. The summed E-state index contributed by atoms with van der Waals surface area (Å²) in [5, 5.41) is 0. The first-order valence-corrected chi connectivity index (χ1v) is 14.3. The molecular formula is C31H46O4. The van der Waals surface area contributed by atoms with Crippen LogP contribution in [0.5, 0.6) is 0 Å². The molecular weight excluding hydrogens is 436 g/mol. The van der Waals surface area contributed by atoms with Gasteiger partial charge in [0.2, 0.25) is 0 Å². The van der Waals surface area contributed by atoms with Crippen molar-refractivity contribution < 1.29 is 19.0 Å². The predicted octanol–water partition coefficient (Wildman–Crippen LogP) is 6.99. The highest BCUT2D eigenvalue weighted by atomic mass is 16.7. The van der Waals surface area contributed by atoms with Gasteiger partial charge >= 0.3 is 5.97 Å². The van der Waals surface area contributed by atoms with Gasteiger partial charge in [0.15, 0.2) is 6.29 Å². The number of hydrogen-bond acceptors (Lipinski definition) is 4. The van der Waals surface area contributed by atoms with Gasteiger partial charge in [-0.05, 0) is 92.3 Å². The second-order valence-electron chi connectivity index (χ2n) is 14.0. The van der Waals surface area contributed by atoms with Crippen LogP contribution >= 0.6 is 0 Å². The monoisotopic (exact) mass is 482 g/mol. The number of carbonyl (C=O) groups excluding carboxylic acids is 1. The maximum absolute atomic E-state index is 12.3. The minimum Gasteiger partial charge on any atom is -0.458 e. The van der Waals surface area contributed by atoms with Gasteiger partial charge in [0.05, 0.1) is 6.10 Å². The van der Waals surface area contributed by atoms with Gasteiger partial charge in [-0.2, -0.15) is 0 Å². The number of methoxy groups -OCH3 is 1. The minimum atomic E-state index is -0.119. The molecule has 1 spiro atoms. The van der Waals surface area contributed by atoms with Crippen molar-refractivity contribution in [3.05, 3.63) is 22.8 Å². The fraction of sp³-hybridized carbons (Fsp3) is 0.839. The molecule has 194 valence electrons. The molecule has 0 radical (unpaired) electrons. The summed E-state index contributed by atoms with van der Waals surface area (Å²) >= 11 is 0. The molecule has 4 nitrogen and oxygen atoms in total. The smallest absolute Gasteiger partial charge is 0.333 e. The van der Waals surface area contributed by atoms with Crippen molar-refractivity contribution >= 4 is 5.97 Å². The van der Waals surface area contributed by atoms with Crippen molar-refractivity contribution in [3.63, 3.8) is 0 Å². The Morgan fingerprint density at radius 1 is 1.03 bits per heavy atom. The van der Waals surface area contributed by atoms with Crippen molar-refractivity contribution in [1.29, 1.82) is 0 Å². The SMILES string of the molecule is CO[C@H]1O[C@@H]2CC[C@]13C1=C(CC[C@H]3C2(C)C)[C@]2(C)CC[C@H]([C@H](C)[C@H]3CC=C(C)C(=O)O3)[C@@]2(C)CC1. The highest BCUT2D eigenvalue weighted by Gasteiger charge is 2.69. The summed E-state index contributed by atoms with van der Waals surface area (Å²) < 4.78 is 18.8. The Kier molecular flexibility index (Phi) is 5.32. The summed E-state index contributed by atoms with van der Waals surface area (Å²) in [6, 6.07) is 0. The molecule has 3 heterocycles. The number of ether oxygens (including phenoxy) is 3. The second-order valence-corrected chi connectivity index (χ2v) is 14.0. The molecule has 0 amide bonds. The van der Waals surface area contributed by atoms with E-state index in [-0.39, 0.29) is 40.0 Å². The zero-order chi connectivity index (χ0) is 25.0. The molecule has 0 N–H and O–H groups in total. The Morgan fingerprint density at radius 3 is 2.51 bits per heavy atom. The number of rotatable bonds is 3. The molecule has 0 aromatic heterocycles. The average molecular weight is 483 g/mol. The van der Waals surface area contributed by atoms with Crippen molar-refractivity contribution in [2.45, 2.75) is 118 Å². The first kappa shape index (κ1) is 24.2. The second kappa shape index (κ2) is 7.69. The standard InChI is InChI=1S/C31H46O4/c1-18-8-10-23(34-26(18)32)19(2)20-12-15-30(6)21-9-11-24-28(3,4)25-14-17-31(24,27(33-7)35-25)22(21)13-16-29(20,30)5/h8,19-20,23-25,27H,9-17H2,1-7H3/t19-,20+,23+,24-,25+,27-,29+,30-,31+/m0/s1. The van der Waals surface area contributed by atoms with E-state index in [1.807, 2.05) is 14.0 Å². The lowest BCUT2D eigenvalue weighted by molar-refractivity contribution is -0.330. The van der Waals surface area contributed by atoms with E-state index >= 15 is 0 Å². The maximum atomic E-state index is 12.3. The molecule has 4 fully saturated rings. The lowest BCUT2D eigenvalue weighted by Crippen LogP contribution is -2.66. The highest BCUT2D eigenvalue weighted by molar-refractivity contribution is 5.88. The lowest BCUT2D eigenvalue weighted by Gasteiger charge is -2.68. The molecule has 35 heavy (non-hydrogen) atoms. The molecule has 0 unspecified atom stereocenters. The lowest BCUT2D eigenvalue weighted by atomic mass is 9.41. The van der Waals surface area contributed by atoms with Crippen LogP contribution in [0.25, 0.3) is 0 Å². The van der Waals surface area contributed by atoms with Gasteiger partial charge in [-0.25, -0.2) is 4.79 Å². The Labute approximate surface area is 212 Å². The van der Waals surface area contributed by atoms with Crippen molar-refractivity contribution in [1.82, 2.24) is 0 Å². The Bertz CT molecular complexity index is 992. The fourth-order valence-corrected chi connectivity index (χ4v) is 10.6. The summed E-state index contributed by atoms with van der Waals surface area (Å²) in [5.74, 6) is 1.48. The summed E-state index contributed by atoms with van der Waals surface area (Å²) in [6.45, 7) is 14.3. The van der Waals surface area contributed by atoms with Gasteiger partial charge in [0, 0.05) is 24.5 Å². The van der Waals surface area contributed by atoms with Crippen LogP contribution in [-0.4, -0.2) is 31.6 Å². The molecule has 4 aliphatic carbocycles. The van der Waals surface area contributed by atoms with E-state index in [4.69, 9.17) is 14.2 Å². The predicted molar refractivity (Wildman–Crippen MR) is 136 cm³/mol. The third kappa shape index (κ3) is 2.90. The van der Waals surface area contributed by atoms with E-state index in [9.17, 15) is 4.79 Å². The third-order valence-electron chi connectivity index (χ3n) is 12.8. The minimum absolute atomic E-state index is 0.0146. The van der Waals surface area contributed by atoms with E-state index in [2.05, 4.69) is 40.7 Å². The Balaban J connectivity index is 1.38. The third-order valence-corrected chi connectivity index (χ3v) is 12.8. The van der Waals surface area contributed by atoms with Crippen molar-refractivity contribution in [2.24, 2.45) is 39.4 Å². The van der Waals surface area contributed by atoms with Gasteiger partial charge in [-0.15, -0.1) is 0 Å². The van der Waals surface area contributed by atoms with Crippen molar-refractivity contribution in [2.75, 3.05) is 7.11 Å². The zero-order valence-electron chi connectivity index (χ0n) is 23.0. The molecule has 2 saturated heterocycles. The number of esters is 1. The number of hydrogen-bond donors (Lipinski definition) is 0. The van der Waals surface area contributed by atoms with Crippen LogP contribution in [0.4, 0.5) is 0 Å². The van der Waals surface area contributed by atoms with Gasteiger partial charge in [-0.1, -0.05) is 51.8 Å². The van der Waals surface area contributed by atoms with Gasteiger partial charge in [-0.3, -0.25) is 0 Å². The number of fused-ring (bicyclic) bond motifs is 4. The summed E-state index contributed by atoms with van der Waals surface area (Å²) in [7, 11) is 1.86. The highest BCUT2D eigenvalue weighted by Crippen LogP contribution is 2.74. The summed E-state index contributed by atoms with van der Waals surface area (Å²) in [5.41, 5.74) is 4.95. The molecule has 2 saturated carbocycles. The zero-order valence-corrected chi connectivity index (χ0v) is 23.0. The Hall–Kier alpha value is -1.13. The molecule has 0 aromatic carbocycles. The van der Waals surface area contributed by atoms with Crippen LogP contribution in [0.15, 0.2) is 22.8 Å². The normalized spacial score (nSPS) is 49.1. The molecule has 7 rings (SSSR count). The Morgan fingerprint density at radius 2 is 1.80 bits per heavy atom. The van der Waals surface area contributed by atoms with Crippen LogP contribution in [-0.2, 0) is 19.0 Å². The molecule has 9 atom stereocenters. The van der Waals surface area contributed by atoms with Crippen molar-refractivity contribution in [3.8, 4) is 0 Å². The molecule has 4 heteroatoms. The summed E-state index contributed by atoms with van der Waals surface area (Å²) in [6.07, 6.45) is 13.0. The quantitative estimate of drug-likeness (QED) is 0.321. The van der Waals surface area contributed by atoms with Crippen LogP contribution in [0.1, 0.15) is 99.3 Å². The number of cyclic esters (lactones) is 1. The molecule has 3 aliphatic heterocycles. The van der Waals surface area contributed by atoms with Crippen LogP contribution < -0.4 is 0 Å². The first-order valence-electron chi connectivity index (χ1n) is 14.3. The molecule has 0 aromatic rings. The maximum Gasteiger partial charge on any atom is 0.333 e. The van der Waals surface area contributed by atoms with E-state index in [0.717, 1.165) is 18.4 Å². The van der Waals surface area contributed by atoms with E-state index < -0.39 is 0 Å². The number of allylic oxidation sites excluding steroid dienone is 1. The molecule has 7 aliphatic rings. The van der Waals surface area contributed by atoms with Gasteiger partial charge in [0.25, 0.3) is 0 Å². The van der Waals surface area contributed by atoms with Crippen LogP contribution in [0.2, 0.25) is 0 Å². The van der Waals surface area contributed by atoms with Crippen LogP contribution in [0.3, 0.4) is 0 Å². The number of carbonyl (C=O) groups is 1. The van der Waals surface area contributed by atoms with Gasteiger partial charge in [0.1, 0.15) is 6.10 Å². The van der Waals surface area contributed by atoms with Gasteiger partial charge < -0.3 is 14.2 Å². The largest absolute Gasteiger partial charge is 0.458 e. The van der Waals surface area contributed by atoms with E-state index in [1.165, 1.54) is 44.9 Å². The fourth-order valence-electron chi connectivity index (χ4n) is 10.6. The van der Waals surface area contributed by atoms with Crippen LogP contribution in [0, 0.1) is 39.4 Å². The van der Waals surface area contributed by atoms with E-state index in [0.29, 0.717) is 23.9 Å². The first-order chi connectivity index (χ1) is 16.5. The average Bonchev–Trinajstić information content (AvgIpc) is 3.11. The summed E-state index contributed by atoms with van der Waals surface area (Å²) in [4.78, 5) is 12.3.